The number of aromatic hydroxyl groups is 1. The third kappa shape index (κ3) is 2.67. The van der Waals surface area contributed by atoms with E-state index in [1.165, 1.54) is 6.20 Å². The summed E-state index contributed by atoms with van der Waals surface area (Å²) in [6, 6.07) is 8.80. The van der Waals surface area contributed by atoms with Gasteiger partial charge in [0.2, 0.25) is 0 Å². The van der Waals surface area contributed by atoms with Crippen molar-refractivity contribution >= 4 is 11.6 Å². The first kappa shape index (κ1) is 9.93. The lowest BCUT2D eigenvalue weighted by atomic mass is 10.1. The molecule has 0 bridgehead atoms. The van der Waals surface area contributed by atoms with Crippen LogP contribution in [-0.2, 0) is 6.42 Å². The second kappa shape index (κ2) is 4.28. The van der Waals surface area contributed by atoms with Crippen LogP contribution in [0.5, 0.6) is 5.75 Å². The number of rotatable bonds is 2. The standard InChI is InChI=1S/C11H9ClN2O/c12-9-6-10(14-13-7-9)4-8-2-1-3-11(15)5-8/h1-3,5-7,15H,4H2. The van der Waals surface area contributed by atoms with Crippen molar-refractivity contribution < 1.29 is 5.11 Å². The van der Waals surface area contributed by atoms with E-state index in [9.17, 15) is 5.11 Å². The fraction of sp³-hybridized carbons (Fsp3) is 0.0909. The second-order valence-corrected chi connectivity index (χ2v) is 3.65. The van der Waals surface area contributed by atoms with Gasteiger partial charge in [0, 0.05) is 6.42 Å². The molecule has 1 heterocycles. The van der Waals surface area contributed by atoms with E-state index < -0.39 is 0 Å². The van der Waals surface area contributed by atoms with Gasteiger partial charge in [-0.3, -0.25) is 0 Å². The Morgan fingerprint density at radius 1 is 1.27 bits per heavy atom. The molecule has 2 rings (SSSR count). The minimum Gasteiger partial charge on any atom is -0.508 e. The Hall–Kier alpha value is -1.61. The van der Waals surface area contributed by atoms with Crippen LogP contribution in [0.4, 0.5) is 0 Å². The molecule has 3 nitrogen and oxygen atoms in total. The molecule has 1 N–H and O–H groups in total. The lowest BCUT2D eigenvalue weighted by Crippen LogP contribution is -1.93. The molecule has 0 amide bonds. The number of aromatic nitrogens is 2. The molecule has 1 aromatic carbocycles. The molecule has 15 heavy (non-hydrogen) atoms. The van der Waals surface area contributed by atoms with E-state index in [-0.39, 0.29) is 5.75 Å². The normalized spacial score (nSPS) is 10.2. The van der Waals surface area contributed by atoms with Crippen LogP contribution < -0.4 is 0 Å². The van der Waals surface area contributed by atoms with E-state index >= 15 is 0 Å². The van der Waals surface area contributed by atoms with Gasteiger partial charge in [0.1, 0.15) is 5.75 Å². The number of hydrogen-bond donors (Lipinski definition) is 1. The van der Waals surface area contributed by atoms with Crippen LogP contribution in [0.3, 0.4) is 0 Å². The molecule has 0 saturated heterocycles. The Morgan fingerprint density at radius 2 is 2.13 bits per heavy atom. The monoisotopic (exact) mass is 220 g/mol. The van der Waals surface area contributed by atoms with Gasteiger partial charge in [-0.05, 0) is 23.8 Å². The summed E-state index contributed by atoms with van der Waals surface area (Å²) < 4.78 is 0. The van der Waals surface area contributed by atoms with Gasteiger partial charge in [-0.1, -0.05) is 23.7 Å². The Labute approximate surface area is 92.4 Å². The summed E-state index contributed by atoms with van der Waals surface area (Å²) in [5.41, 5.74) is 1.76. The molecule has 76 valence electrons. The summed E-state index contributed by atoms with van der Waals surface area (Å²) in [4.78, 5) is 0. The quantitative estimate of drug-likeness (QED) is 0.846. The molecule has 0 spiro atoms. The van der Waals surface area contributed by atoms with Gasteiger partial charge in [0.25, 0.3) is 0 Å². The number of nitrogens with zero attached hydrogens (tertiary/aromatic N) is 2. The predicted octanol–water partition coefficient (Wildman–Crippen LogP) is 2.43. The molecule has 1 aromatic heterocycles. The Bertz CT molecular complexity index is 430. The van der Waals surface area contributed by atoms with E-state index in [1.807, 2.05) is 6.07 Å². The topological polar surface area (TPSA) is 46.0 Å². The molecule has 4 heteroatoms. The second-order valence-electron chi connectivity index (χ2n) is 3.21. The van der Waals surface area contributed by atoms with Gasteiger partial charge in [0.05, 0.1) is 16.9 Å². The van der Waals surface area contributed by atoms with Crippen LogP contribution in [0.25, 0.3) is 0 Å². The van der Waals surface area contributed by atoms with Crippen molar-refractivity contribution in [3.63, 3.8) is 0 Å². The number of halogens is 1. The van der Waals surface area contributed by atoms with Gasteiger partial charge in [-0.2, -0.15) is 10.2 Å². The molecule has 0 fully saturated rings. The number of phenols is 1. The first-order valence-corrected chi connectivity index (χ1v) is 4.87. The summed E-state index contributed by atoms with van der Waals surface area (Å²) >= 11 is 5.79. The summed E-state index contributed by atoms with van der Waals surface area (Å²) in [7, 11) is 0. The molecule has 0 radical (unpaired) electrons. The predicted molar refractivity (Wildman–Crippen MR) is 58.0 cm³/mol. The van der Waals surface area contributed by atoms with Crippen LogP contribution in [0.2, 0.25) is 5.02 Å². The van der Waals surface area contributed by atoms with Crippen LogP contribution in [0.1, 0.15) is 11.3 Å². The SMILES string of the molecule is Oc1cccc(Cc2cc(Cl)cnn2)c1. The van der Waals surface area contributed by atoms with Crippen LogP contribution in [-0.4, -0.2) is 15.3 Å². The highest BCUT2D eigenvalue weighted by Gasteiger charge is 2.00. The zero-order chi connectivity index (χ0) is 10.7. The molecular formula is C11H9ClN2O. The maximum Gasteiger partial charge on any atom is 0.115 e. The van der Waals surface area contributed by atoms with Crippen molar-refractivity contribution in [1.82, 2.24) is 10.2 Å². The Morgan fingerprint density at radius 3 is 2.87 bits per heavy atom. The highest BCUT2D eigenvalue weighted by molar-refractivity contribution is 6.30. The number of phenolic OH excluding ortho intramolecular Hbond substituents is 1. The molecule has 2 aromatic rings. The van der Waals surface area contributed by atoms with Gasteiger partial charge in [0.15, 0.2) is 0 Å². The van der Waals surface area contributed by atoms with E-state index in [0.29, 0.717) is 11.4 Å². The van der Waals surface area contributed by atoms with Gasteiger partial charge >= 0.3 is 0 Å². The van der Waals surface area contributed by atoms with Crippen molar-refractivity contribution in [1.29, 1.82) is 0 Å². The van der Waals surface area contributed by atoms with Crippen molar-refractivity contribution in [2.75, 3.05) is 0 Å². The zero-order valence-corrected chi connectivity index (χ0v) is 8.65. The molecule has 0 saturated carbocycles. The Kier molecular flexibility index (Phi) is 2.83. The molecule has 0 aliphatic heterocycles. The first-order valence-electron chi connectivity index (χ1n) is 4.49. The van der Waals surface area contributed by atoms with Crippen LogP contribution in [0.15, 0.2) is 36.5 Å². The smallest absolute Gasteiger partial charge is 0.115 e. The average Bonchev–Trinajstić information content (AvgIpc) is 2.17. The molecular weight excluding hydrogens is 212 g/mol. The summed E-state index contributed by atoms with van der Waals surface area (Å²) in [6.45, 7) is 0. The third-order valence-electron chi connectivity index (χ3n) is 1.97. The van der Waals surface area contributed by atoms with Crippen molar-refractivity contribution in [2.45, 2.75) is 6.42 Å². The first-order chi connectivity index (χ1) is 7.24. The van der Waals surface area contributed by atoms with E-state index in [1.54, 1.807) is 24.3 Å². The molecule has 0 aliphatic rings. The summed E-state index contributed by atoms with van der Waals surface area (Å²) in [5, 5.41) is 17.6. The third-order valence-corrected chi connectivity index (χ3v) is 2.17. The fourth-order valence-corrected chi connectivity index (χ4v) is 1.52. The molecule has 0 unspecified atom stereocenters. The van der Waals surface area contributed by atoms with Gasteiger partial charge in [-0.15, -0.1) is 0 Å². The van der Waals surface area contributed by atoms with E-state index in [2.05, 4.69) is 10.2 Å². The minimum absolute atomic E-state index is 0.252. The fourth-order valence-electron chi connectivity index (χ4n) is 1.35. The van der Waals surface area contributed by atoms with E-state index in [4.69, 9.17) is 11.6 Å². The Balaban J connectivity index is 2.22. The highest BCUT2D eigenvalue weighted by Crippen LogP contribution is 2.15. The van der Waals surface area contributed by atoms with Crippen molar-refractivity contribution in [3.05, 3.63) is 52.8 Å². The minimum atomic E-state index is 0.252. The number of hydrogen-bond acceptors (Lipinski definition) is 3. The van der Waals surface area contributed by atoms with E-state index in [0.717, 1.165) is 11.3 Å². The van der Waals surface area contributed by atoms with Crippen molar-refractivity contribution in [2.24, 2.45) is 0 Å². The lowest BCUT2D eigenvalue weighted by Gasteiger charge is -2.01. The van der Waals surface area contributed by atoms with Crippen LogP contribution >= 0.6 is 11.6 Å². The van der Waals surface area contributed by atoms with Crippen LogP contribution in [0, 0.1) is 0 Å². The van der Waals surface area contributed by atoms with Gasteiger partial charge in [-0.25, -0.2) is 0 Å². The maximum absolute atomic E-state index is 9.28. The van der Waals surface area contributed by atoms with Gasteiger partial charge < -0.3 is 5.11 Å². The number of benzene rings is 1. The largest absolute Gasteiger partial charge is 0.508 e. The maximum atomic E-state index is 9.28. The molecule has 0 aliphatic carbocycles. The average molecular weight is 221 g/mol. The molecule has 0 atom stereocenters. The van der Waals surface area contributed by atoms with Crippen molar-refractivity contribution in [3.8, 4) is 5.75 Å². The zero-order valence-electron chi connectivity index (χ0n) is 7.89. The summed E-state index contributed by atoms with van der Waals surface area (Å²) in [6.07, 6.45) is 2.11. The highest BCUT2D eigenvalue weighted by atomic mass is 35.5. The summed E-state index contributed by atoms with van der Waals surface area (Å²) in [5.74, 6) is 0.252. The lowest BCUT2D eigenvalue weighted by molar-refractivity contribution is 0.474.